The Morgan fingerprint density at radius 1 is 0.611 bits per heavy atom. The summed E-state index contributed by atoms with van der Waals surface area (Å²) in [6, 6.07) is 0. The summed E-state index contributed by atoms with van der Waals surface area (Å²) < 4.78 is 1.34. The first-order valence-corrected chi connectivity index (χ1v) is 9.93. The molecular weight excluding hydrogens is 331 g/mol. The highest BCUT2D eigenvalue weighted by molar-refractivity contribution is 14.1. The van der Waals surface area contributed by atoms with Crippen molar-refractivity contribution in [3.05, 3.63) is 0 Å². The highest BCUT2D eigenvalue weighted by Crippen LogP contribution is 2.23. The minimum Gasteiger partial charge on any atom is -0.0864 e. The van der Waals surface area contributed by atoms with Gasteiger partial charge < -0.3 is 0 Å². The third-order valence-electron chi connectivity index (χ3n) is 3.93. The zero-order valence-corrected chi connectivity index (χ0v) is 15.0. The van der Waals surface area contributed by atoms with Gasteiger partial charge in [-0.3, -0.25) is 0 Å². The second-order valence-corrected chi connectivity index (χ2v) is 6.83. The molecule has 0 amide bonds. The van der Waals surface area contributed by atoms with Crippen molar-refractivity contribution in [1.29, 1.82) is 0 Å². The van der Waals surface area contributed by atoms with Crippen LogP contribution in [0.2, 0.25) is 0 Å². The molecule has 0 radical (unpaired) electrons. The van der Waals surface area contributed by atoms with E-state index in [0.717, 1.165) is 5.92 Å². The van der Waals surface area contributed by atoms with Crippen molar-refractivity contribution in [2.45, 2.75) is 97.3 Å². The Hall–Kier alpha value is 0.730. The van der Waals surface area contributed by atoms with E-state index in [9.17, 15) is 0 Å². The van der Waals surface area contributed by atoms with Crippen molar-refractivity contribution in [3.63, 3.8) is 0 Å². The topological polar surface area (TPSA) is 0 Å². The molecule has 0 aromatic rings. The molecule has 0 aromatic heterocycles. The Balaban J connectivity index is 3.62. The van der Waals surface area contributed by atoms with Crippen LogP contribution in [0, 0.1) is 5.92 Å². The van der Waals surface area contributed by atoms with Crippen LogP contribution in [0.1, 0.15) is 97.3 Å². The molecule has 0 N–H and O–H groups in total. The van der Waals surface area contributed by atoms with Crippen LogP contribution in [0.15, 0.2) is 0 Å². The van der Waals surface area contributed by atoms with Gasteiger partial charge in [0, 0.05) is 0 Å². The lowest BCUT2D eigenvalue weighted by atomic mass is 9.90. The van der Waals surface area contributed by atoms with E-state index in [-0.39, 0.29) is 0 Å². The van der Waals surface area contributed by atoms with Gasteiger partial charge >= 0.3 is 0 Å². The number of unbranched alkanes of at least 4 members (excludes halogenated alkanes) is 7. The van der Waals surface area contributed by atoms with Crippen molar-refractivity contribution in [1.82, 2.24) is 0 Å². The summed E-state index contributed by atoms with van der Waals surface area (Å²) in [5.74, 6) is 1.04. The second-order valence-electron chi connectivity index (χ2n) is 5.75. The van der Waals surface area contributed by atoms with Crippen LogP contribution in [0.4, 0.5) is 0 Å². The molecule has 0 spiro atoms. The summed E-state index contributed by atoms with van der Waals surface area (Å²) in [5.41, 5.74) is 0. The number of halogens is 1. The van der Waals surface area contributed by atoms with E-state index in [4.69, 9.17) is 0 Å². The van der Waals surface area contributed by atoms with Crippen molar-refractivity contribution in [2.75, 3.05) is 4.43 Å². The molecule has 0 aliphatic carbocycles. The van der Waals surface area contributed by atoms with E-state index in [2.05, 4.69) is 36.4 Å². The van der Waals surface area contributed by atoms with Gasteiger partial charge in [-0.05, 0) is 16.8 Å². The van der Waals surface area contributed by atoms with Gasteiger partial charge in [-0.25, -0.2) is 0 Å². The van der Waals surface area contributed by atoms with E-state index in [1.807, 2.05) is 0 Å². The SMILES string of the molecule is CCCCCCC(CCCCI)CCCCCC. The summed E-state index contributed by atoms with van der Waals surface area (Å²) in [4.78, 5) is 0. The van der Waals surface area contributed by atoms with Crippen LogP contribution in [0.3, 0.4) is 0 Å². The molecule has 0 bridgehead atoms. The van der Waals surface area contributed by atoms with Gasteiger partial charge in [0.05, 0.1) is 0 Å². The molecule has 0 aliphatic heterocycles. The van der Waals surface area contributed by atoms with Gasteiger partial charge in [-0.1, -0.05) is 113 Å². The summed E-state index contributed by atoms with van der Waals surface area (Å²) in [6.45, 7) is 4.62. The van der Waals surface area contributed by atoms with E-state index in [1.54, 1.807) is 0 Å². The monoisotopic (exact) mass is 366 g/mol. The highest BCUT2D eigenvalue weighted by atomic mass is 127. The zero-order valence-electron chi connectivity index (χ0n) is 12.9. The fraction of sp³-hybridized carbons (Fsp3) is 1.00. The van der Waals surface area contributed by atoms with Crippen LogP contribution >= 0.6 is 22.6 Å². The molecular formula is C17H35I. The van der Waals surface area contributed by atoms with Crippen molar-refractivity contribution >= 4 is 22.6 Å². The fourth-order valence-corrected chi connectivity index (χ4v) is 3.22. The second kappa shape index (κ2) is 15.8. The lowest BCUT2D eigenvalue weighted by Gasteiger charge is -2.16. The molecule has 1 heteroatoms. The molecule has 0 aliphatic rings. The maximum atomic E-state index is 2.51. The summed E-state index contributed by atoms with van der Waals surface area (Å²) in [6.07, 6.45) is 18.9. The Labute approximate surface area is 130 Å². The molecule has 0 nitrogen and oxygen atoms in total. The molecule has 0 fully saturated rings. The van der Waals surface area contributed by atoms with Crippen LogP contribution in [0.5, 0.6) is 0 Å². The first-order chi connectivity index (χ1) is 8.85. The van der Waals surface area contributed by atoms with Gasteiger partial charge in [-0.15, -0.1) is 0 Å². The Morgan fingerprint density at radius 2 is 1.06 bits per heavy atom. The Kier molecular flexibility index (Phi) is 16.4. The zero-order chi connectivity index (χ0) is 13.5. The molecule has 0 atom stereocenters. The molecule has 0 saturated carbocycles. The smallest absolute Gasteiger partial charge is 0.000473 e. The highest BCUT2D eigenvalue weighted by Gasteiger charge is 2.08. The van der Waals surface area contributed by atoms with Crippen molar-refractivity contribution < 1.29 is 0 Å². The molecule has 0 heterocycles. The van der Waals surface area contributed by atoms with Gasteiger partial charge in [0.1, 0.15) is 0 Å². The molecule has 110 valence electrons. The Morgan fingerprint density at radius 3 is 1.44 bits per heavy atom. The van der Waals surface area contributed by atoms with Gasteiger partial charge in [-0.2, -0.15) is 0 Å². The lowest BCUT2D eigenvalue weighted by Crippen LogP contribution is -2.01. The van der Waals surface area contributed by atoms with E-state index >= 15 is 0 Å². The summed E-state index contributed by atoms with van der Waals surface area (Å²) in [5, 5.41) is 0. The minimum absolute atomic E-state index is 1.04. The number of hydrogen-bond donors (Lipinski definition) is 0. The van der Waals surface area contributed by atoms with Crippen LogP contribution in [-0.4, -0.2) is 4.43 Å². The maximum absolute atomic E-state index is 2.51. The Bertz CT molecular complexity index is 133. The first-order valence-electron chi connectivity index (χ1n) is 8.41. The standard InChI is InChI=1S/C17H35I/c1-3-5-7-9-13-17(15-11-12-16-18)14-10-8-6-4-2/h17H,3-16H2,1-2H3. The van der Waals surface area contributed by atoms with Crippen LogP contribution in [0.25, 0.3) is 0 Å². The van der Waals surface area contributed by atoms with Gasteiger partial charge in [0.15, 0.2) is 0 Å². The molecule has 18 heavy (non-hydrogen) atoms. The average Bonchev–Trinajstić information content (AvgIpc) is 2.39. The summed E-state index contributed by atoms with van der Waals surface area (Å²) in [7, 11) is 0. The van der Waals surface area contributed by atoms with Gasteiger partial charge in [0.2, 0.25) is 0 Å². The normalized spacial score (nSPS) is 11.3. The van der Waals surface area contributed by atoms with Crippen LogP contribution in [-0.2, 0) is 0 Å². The first kappa shape index (κ1) is 18.7. The third-order valence-corrected chi connectivity index (χ3v) is 4.69. The molecule has 0 saturated heterocycles. The van der Waals surface area contributed by atoms with E-state index < -0.39 is 0 Å². The maximum Gasteiger partial charge on any atom is -0.000473 e. The quantitative estimate of drug-likeness (QED) is 0.174. The largest absolute Gasteiger partial charge is 0.0864 e. The number of hydrogen-bond acceptors (Lipinski definition) is 0. The molecule has 0 unspecified atom stereocenters. The average molecular weight is 366 g/mol. The predicted octanol–water partition coefficient (Wildman–Crippen LogP) is 7.15. The summed E-state index contributed by atoms with van der Waals surface area (Å²) >= 11 is 2.51. The number of rotatable bonds is 14. The van der Waals surface area contributed by atoms with Gasteiger partial charge in [0.25, 0.3) is 0 Å². The minimum atomic E-state index is 1.04. The number of alkyl halides is 1. The lowest BCUT2D eigenvalue weighted by molar-refractivity contribution is 0.373. The van der Waals surface area contributed by atoms with E-state index in [1.165, 1.54) is 87.9 Å². The van der Waals surface area contributed by atoms with Crippen molar-refractivity contribution in [2.24, 2.45) is 5.92 Å². The van der Waals surface area contributed by atoms with E-state index in [0.29, 0.717) is 0 Å². The molecule has 0 aromatic carbocycles. The third kappa shape index (κ3) is 13.2. The van der Waals surface area contributed by atoms with Crippen LogP contribution < -0.4 is 0 Å². The predicted molar refractivity (Wildman–Crippen MR) is 93.7 cm³/mol. The fourth-order valence-electron chi connectivity index (χ4n) is 2.68. The van der Waals surface area contributed by atoms with Crippen molar-refractivity contribution in [3.8, 4) is 0 Å². The molecule has 0 rings (SSSR count).